The smallest absolute Gasteiger partial charge is 0.197 e. The minimum atomic E-state index is 1.20. The van der Waals surface area contributed by atoms with Crippen LogP contribution in [0.3, 0.4) is 0 Å². The van der Waals surface area contributed by atoms with Crippen LogP contribution in [-0.4, -0.2) is 7.11 Å². The molecule has 0 aromatic heterocycles. The maximum absolute atomic E-state index is 5.03. The summed E-state index contributed by atoms with van der Waals surface area (Å²) in [7, 11) is 1.76. The highest BCUT2D eigenvalue weighted by molar-refractivity contribution is 4.83. The van der Waals surface area contributed by atoms with Crippen LogP contribution >= 0.6 is 0 Å². The Balaban J connectivity index is 2.14. The molecule has 1 fully saturated rings. The maximum atomic E-state index is 5.03. The molecule has 0 heterocycles. The van der Waals surface area contributed by atoms with Crippen LogP contribution in [0.15, 0.2) is 0 Å². The zero-order valence-corrected chi connectivity index (χ0v) is 4.74. The SMILES string of the molecule is CO[C+]1CCCC1. The quantitative estimate of drug-likeness (QED) is 0.455. The zero-order chi connectivity index (χ0) is 5.11. The molecule has 1 aliphatic carbocycles. The molecule has 0 N–H and O–H groups in total. The number of hydrogen-bond acceptors (Lipinski definition) is 1. The Kier molecular flexibility index (Phi) is 1.58. The summed E-state index contributed by atoms with van der Waals surface area (Å²) in [6.07, 6.45) is 6.37. The van der Waals surface area contributed by atoms with Crippen molar-refractivity contribution in [3.63, 3.8) is 0 Å². The Hall–Kier alpha value is -0.170. The lowest BCUT2D eigenvalue weighted by Gasteiger charge is -1.86. The van der Waals surface area contributed by atoms with E-state index in [-0.39, 0.29) is 0 Å². The van der Waals surface area contributed by atoms with E-state index in [1.54, 1.807) is 7.11 Å². The van der Waals surface area contributed by atoms with Crippen molar-refractivity contribution in [3.05, 3.63) is 6.10 Å². The molecule has 0 amide bonds. The van der Waals surface area contributed by atoms with Gasteiger partial charge in [0.25, 0.3) is 0 Å². The molecule has 1 nitrogen and oxygen atoms in total. The normalized spacial score (nSPS) is 21.0. The van der Waals surface area contributed by atoms with Gasteiger partial charge in [0.05, 0.1) is 7.11 Å². The summed E-state index contributed by atoms with van der Waals surface area (Å²) >= 11 is 0. The average Bonchev–Trinajstić information content (AvgIpc) is 2.14. The van der Waals surface area contributed by atoms with Crippen LogP contribution in [0, 0.1) is 6.10 Å². The van der Waals surface area contributed by atoms with E-state index in [0.29, 0.717) is 0 Å². The van der Waals surface area contributed by atoms with Crippen molar-refractivity contribution in [1.29, 1.82) is 0 Å². The minimum absolute atomic E-state index is 1.20. The lowest BCUT2D eigenvalue weighted by atomic mass is 10.3. The summed E-state index contributed by atoms with van der Waals surface area (Å²) < 4.78 is 5.03. The number of ether oxygens (including phenoxy) is 1. The van der Waals surface area contributed by atoms with Crippen LogP contribution in [0.25, 0.3) is 0 Å². The molecule has 0 aliphatic heterocycles. The number of rotatable bonds is 1. The summed E-state index contributed by atoms with van der Waals surface area (Å²) in [5, 5.41) is 0. The summed E-state index contributed by atoms with van der Waals surface area (Å²) in [5.74, 6) is 0. The summed E-state index contributed by atoms with van der Waals surface area (Å²) in [6, 6.07) is 0. The number of methoxy groups -OCH3 is 1. The van der Waals surface area contributed by atoms with Crippen molar-refractivity contribution >= 4 is 0 Å². The molecule has 1 saturated carbocycles. The second-order valence-electron chi connectivity index (χ2n) is 1.95. The average molecular weight is 99.2 g/mol. The van der Waals surface area contributed by atoms with E-state index in [1.807, 2.05) is 0 Å². The largest absolute Gasteiger partial charge is 0.240 e. The van der Waals surface area contributed by atoms with Crippen LogP contribution in [-0.2, 0) is 4.74 Å². The Labute approximate surface area is 44.7 Å². The molecule has 0 spiro atoms. The first-order chi connectivity index (χ1) is 3.43. The van der Waals surface area contributed by atoms with E-state index < -0.39 is 0 Å². The molecule has 40 valence electrons. The van der Waals surface area contributed by atoms with Gasteiger partial charge in [-0.2, -0.15) is 4.74 Å². The molecule has 0 bridgehead atoms. The van der Waals surface area contributed by atoms with E-state index >= 15 is 0 Å². The van der Waals surface area contributed by atoms with Crippen molar-refractivity contribution in [2.45, 2.75) is 25.7 Å². The summed E-state index contributed by atoms with van der Waals surface area (Å²) in [4.78, 5) is 0. The van der Waals surface area contributed by atoms with Crippen molar-refractivity contribution in [2.24, 2.45) is 0 Å². The van der Waals surface area contributed by atoms with Crippen molar-refractivity contribution in [2.75, 3.05) is 7.11 Å². The Morgan fingerprint density at radius 1 is 1.29 bits per heavy atom. The van der Waals surface area contributed by atoms with Gasteiger partial charge in [0.1, 0.15) is 12.8 Å². The van der Waals surface area contributed by atoms with Gasteiger partial charge in [-0.05, 0) is 12.8 Å². The Morgan fingerprint density at radius 2 is 1.86 bits per heavy atom. The molecule has 1 heteroatoms. The second kappa shape index (κ2) is 2.22. The van der Waals surface area contributed by atoms with E-state index in [2.05, 4.69) is 0 Å². The third-order valence-electron chi connectivity index (χ3n) is 1.45. The van der Waals surface area contributed by atoms with Crippen molar-refractivity contribution < 1.29 is 4.74 Å². The van der Waals surface area contributed by atoms with Gasteiger partial charge in [0, 0.05) is 0 Å². The van der Waals surface area contributed by atoms with Crippen LogP contribution in [0.2, 0.25) is 0 Å². The van der Waals surface area contributed by atoms with Gasteiger partial charge in [0.15, 0.2) is 0 Å². The first-order valence-corrected chi connectivity index (χ1v) is 2.82. The second-order valence-corrected chi connectivity index (χ2v) is 1.95. The molecule has 1 rings (SSSR count). The van der Waals surface area contributed by atoms with E-state index in [0.717, 1.165) is 0 Å². The molecule has 7 heavy (non-hydrogen) atoms. The molecular weight excluding hydrogens is 88.1 g/mol. The predicted molar refractivity (Wildman–Crippen MR) is 28.7 cm³/mol. The van der Waals surface area contributed by atoms with Crippen LogP contribution in [0.5, 0.6) is 0 Å². The van der Waals surface area contributed by atoms with Gasteiger partial charge in [-0.3, -0.25) is 0 Å². The Bertz CT molecular complexity index is 46.1. The zero-order valence-electron chi connectivity index (χ0n) is 4.74. The van der Waals surface area contributed by atoms with Gasteiger partial charge < -0.3 is 0 Å². The fourth-order valence-electron chi connectivity index (χ4n) is 0.973. The van der Waals surface area contributed by atoms with Crippen LogP contribution in [0.4, 0.5) is 0 Å². The molecule has 0 radical (unpaired) electrons. The molecule has 0 unspecified atom stereocenters. The van der Waals surface area contributed by atoms with E-state index in [1.165, 1.54) is 31.8 Å². The third kappa shape index (κ3) is 1.10. The van der Waals surface area contributed by atoms with Gasteiger partial charge in [0.2, 0.25) is 6.10 Å². The predicted octanol–water partition coefficient (Wildman–Crippen LogP) is 1.74. The van der Waals surface area contributed by atoms with E-state index in [4.69, 9.17) is 4.74 Å². The lowest BCUT2D eigenvalue weighted by Crippen LogP contribution is -1.90. The fourth-order valence-corrected chi connectivity index (χ4v) is 0.973. The highest BCUT2D eigenvalue weighted by Crippen LogP contribution is 2.26. The van der Waals surface area contributed by atoms with Gasteiger partial charge >= 0.3 is 0 Å². The molecular formula is C6H11O+. The first kappa shape index (κ1) is 4.98. The topological polar surface area (TPSA) is 9.23 Å². The van der Waals surface area contributed by atoms with Gasteiger partial charge in [-0.1, -0.05) is 0 Å². The maximum Gasteiger partial charge on any atom is 0.240 e. The summed E-state index contributed by atoms with van der Waals surface area (Å²) in [5.41, 5.74) is 0. The van der Waals surface area contributed by atoms with Crippen LogP contribution in [0.1, 0.15) is 25.7 Å². The first-order valence-electron chi connectivity index (χ1n) is 2.82. The molecule has 0 aromatic carbocycles. The van der Waals surface area contributed by atoms with Gasteiger partial charge in [-0.25, -0.2) is 0 Å². The standard InChI is InChI=1S/C6H11O/c1-7-6-4-2-3-5-6/h2-5H2,1H3/q+1. The van der Waals surface area contributed by atoms with E-state index in [9.17, 15) is 0 Å². The highest BCUT2D eigenvalue weighted by Gasteiger charge is 2.25. The Morgan fingerprint density at radius 3 is 2.14 bits per heavy atom. The highest BCUT2D eigenvalue weighted by atomic mass is 16.5. The summed E-state index contributed by atoms with van der Waals surface area (Å²) in [6.45, 7) is 0. The molecule has 1 aliphatic rings. The van der Waals surface area contributed by atoms with Crippen molar-refractivity contribution in [1.82, 2.24) is 0 Å². The molecule has 0 atom stereocenters. The monoisotopic (exact) mass is 99.1 g/mol. The van der Waals surface area contributed by atoms with Gasteiger partial charge in [-0.15, -0.1) is 0 Å². The van der Waals surface area contributed by atoms with Crippen LogP contribution < -0.4 is 0 Å². The third-order valence-corrected chi connectivity index (χ3v) is 1.45. The molecule has 0 aromatic rings. The minimum Gasteiger partial charge on any atom is -0.197 e. The lowest BCUT2D eigenvalue weighted by molar-refractivity contribution is 0.203. The van der Waals surface area contributed by atoms with Crippen molar-refractivity contribution in [3.8, 4) is 0 Å². The fraction of sp³-hybridized carbons (Fsp3) is 0.833. The number of hydrogen-bond donors (Lipinski definition) is 0. The molecule has 0 saturated heterocycles.